The third-order valence-electron chi connectivity index (χ3n) is 1.72. The van der Waals surface area contributed by atoms with Gasteiger partial charge in [0.25, 0.3) is 0 Å². The molecule has 0 atom stereocenters. The largest absolute Gasteiger partial charge is 0.381 e. The van der Waals surface area contributed by atoms with E-state index < -0.39 is 0 Å². The van der Waals surface area contributed by atoms with E-state index in [0.29, 0.717) is 12.3 Å². The average molecular weight is 201 g/mol. The normalized spacial score (nSPS) is 10.6. The van der Waals surface area contributed by atoms with Crippen LogP contribution in [-0.2, 0) is 9.53 Å². The Balaban J connectivity index is 3.09. The lowest BCUT2D eigenvalue weighted by Crippen LogP contribution is -2.24. The van der Waals surface area contributed by atoms with Crippen molar-refractivity contribution in [1.82, 2.24) is 5.32 Å². The van der Waals surface area contributed by atoms with Gasteiger partial charge in [-0.1, -0.05) is 20.8 Å². The van der Waals surface area contributed by atoms with Crippen LogP contribution in [0.5, 0.6) is 0 Å². The van der Waals surface area contributed by atoms with Gasteiger partial charge >= 0.3 is 0 Å². The van der Waals surface area contributed by atoms with Crippen molar-refractivity contribution >= 4 is 5.91 Å². The first-order chi connectivity index (χ1) is 6.66. The van der Waals surface area contributed by atoms with Gasteiger partial charge in [0.15, 0.2) is 0 Å². The fourth-order valence-corrected chi connectivity index (χ4v) is 1.04. The number of rotatable bonds is 8. The third-order valence-corrected chi connectivity index (χ3v) is 1.72. The minimum absolute atomic E-state index is 0.149. The number of carbonyl (C=O) groups is 1. The molecule has 0 spiro atoms. The van der Waals surface area contributed by atoms with E-state index in [2.05, 4.69) is 19.2 Å². The summed E-state index contributed by atoms with van der Waals surface area (Å²) in [6, 6.07) is 0. The van der Waals surface area contributed by atoms with E-state index in [9.17, 15) is 4.79 Å². The van der Waals surface area contributed by atoms with E-state index in [4.69, 9.17) is 4.74 Å². The van der Waals surface area contributed by atoms with Gasteiger partial charge in [0.2, 0.25) is 5.91 Å². The molecule has 0 aromatic heterocycles. The van der Waals surface area contributed by atoms with E-state index in [1.54, 1.807) is 0 Å². The Kier molecular flexibility index (Phi) is 8.64. The topological polar surface area (TPSA) is 38.3 Å². The van der Waals surface area contributed by atoms with E-state index in [1.807, 2.05) is 6.92 Å². The van der Waals surface area contributed by atoms with Gasteiger partial charge in [-0.15, -0.1) is 0 Å². The minimum atomic E-state index is 0.149. The molecule has 0 bridgehead atoms. The molecule has 1 amide bonds. The maximum atomic E-state index is 11.0. The monoisotopic (exact) mass is 201 g/mol. The van der Waals surface area contributed by atoms with Crippen molar-refractivity contribution in [1.29, 1.82) is 0 Å². The summed E-state index contributed by atoms with van der Waals surface area (Å²) >= 11 is 0. The molecule has 0 fully saturated rings. The van der Waals surface area contributed by atoms with Gasteiger partial charge in [0, 0.05) is 26.2 Å². The lowest BCUT2D eigenvalue weighted by atomic mass is 10.2. The van der Waals surface area contributed by atoms with Crippen LogP contribution in [0.3, 0.4) is 0 Å². The van der Waals surface area contributed by atoms with Crippen molar-refractivity contribution in [3.8, 4) is 0 Å². The summed E-state index contributed by atoms with van der Waals surface area (Å²) in [5.41, 5.74) is 0. The number of carbonyl (C=O) groups excluding carboxylic acids is 1. The zero-order valence-corrected chi connectivity index (χ0v) is 9.64. The van der Waals surface area contributed by atoms with Crippen LogP contribution in [0.4, 0.5) is 0 Å². The number of amides is 1. The second-order valence-corrected chi connectivity index (χ2v) is 3.92. The highest BCUT2D eigenvalue weighted by Gasteiger charge is 1.97. The van der Waals surface area contributed by atoms with Crippen LogP contribution in [0.1, 0.15) is 40.0 Å². The summed E-state index contributed by atoms with van der Waals surface area (Å²) in [6.07, 6.45) is 2.45. The molecule has 3 nitrogen and oxygen atoms in total. The zero-order valence-electron chi connectivity index (χ0n) is 9.64. The standard InChI is InChI=1S/C11H23NO2/c1-4-6-11(13)12-7-5-8-14-9-10(2)3/h10H,4-9H2,1-3H3,(H,12,13). The minimum Gasteiger partial charge on any atom is -0.381 e. The molecule has 0 aromatic carbocycles. The van der Waals surface area contributed by atoms with E-state index >= 15 is 0 Å². The van der Waals surface area contributed by atoms with Gasteiger partial charge in [-0.2, -0.15) is 0 Å². The Labute approximate surface area is 87.2 Å². The highest BCUT2D eigenvalue weighted by Crippen LogP contribution is 1.93. The van der Waals surface area contributed by atoms with Crippen molar-refractivity contribution in [2.45, 2.75) is 40.0 Å². The van der Waals surface area contributed by atoms with Gasteiger partial charge in [0.05, 0.1) is 0 Å². The van der Waals surface area contributed by atoms with Gasteiger partial charge < -0.3 is 10.1 Å². The molecule has 0 rings (SSSR count). The second kappa shape index (κ2) is 9.00. The Morgan fingerprint density at radius 2 is 2.14 bits per heavy atom. The van der Waals surface area contributed by atoms with Gasteiger partial charge in [0.1, 0.15) is 0 Å². The molecule has 0 radical (unpaired) electrons. The molecule has 14 heavy (non-hydrogen) atoms. The van der Waals surface area contributed by atoms with Crippen LogP contribution in [0, 0.1) is 5.92 Å². The molecule has 0 aromatic rings. The zero-order chi connectivity index (χ0) is 10.8. The highest BCUT2D eigenvalue weighted by molar-refractivity contribution is 5.75. The molecule has 0 saturated carbocycles. The Hall–Kier alpha value is -0.570. The molecular weight excluding hydrogens is 178 g/mol. The predicted molar refractivity (Wildman–Crippen MR) is 58.2 cm³/mol. The Bertz CT molecular complexity index is 146. The molecule has 0 aliphatic carbocycles. The summed E-state index contributed by atoms with van der Waals surface area (Å²) < 4.78 is 5.39. The summed E-state index contributed by atoms with van der Waals surface area (Å²) in [5.74, 6) is 0.737. The first-order valence-electron chi connectivity index (χ1n) is 5.51. The lowest BCUT2D eigenvalue weighted by Gasteiger charge is -2.07. The quantitative estimate of drug-likeness (QED) is 0.610. The van der Waals surface area contributed by atoms with Gasteiger partial charge in [-0.25, -0.2) is 0 Å². The maximum Gasteiger partial charge on any atom is 0.219 e. The molecule has 0 saturated heterocycles. The molecular formula is C11H23NO2. The molecule has 84 valence electrons. The summed E-state index contributed by atoms with van der Waals surface area (Å²) in [4.78, 5) is 11.0. The molecule has 1 N–H and O–H groups in total. The molecule has 0 unspecified atom stereocenters. The summed E-state index contributed by atoms with van der Waals surface area (Å²) in [5, 5.41) is 2.85. The highest BCUT2D eigenvalue weighted by atomic mass is 16.5. The van der Waals surface area contributed by atoms with Crippen molar-refractivity contribution in [2.75, 3.05) is 19.8 Å². The Morgan fingerprint density at radius 1 is 1.43 bits per heavy atom. The molecule has 0 aliphatic rings. The van der Waals surface area contributed by atoms with E-state index in [-0.39, 0.29) is 5.91 Å². The summed E-state index contributed by atoms with van der Waals surface area (Å²) in [6.45, 7) is 8.54. The molecule has 3 heteroatoms. The van der Waals surface area contributed by atoms with Crippen LogP contribution in [0.25, 0.3) is 0 Å². The van der Waals surface area contributed by atoms with E-state index in [0.717, 1.165) is 32.6 Å². The van der Waals surface area contributed by atoms with Gasteiger partial charge in [-0.05, 0) is 18.8 Å². The SMILES string of the molecule is CCCC(=O)NCCCOCC(C)C. The van der Waals surface area contributed by atoms with Crippen LogP contribution < -0.4 is 5.32 Å². The summed E-state index contributed by atoms with van der Waals surface area (Å²) in [7, 11) is 0. The lowest BCUT2D eigenvalue weighted by molar-refractivity contribution is -0.121. The van der Waals surface area contributed by atoms with Crippen molar-refractivity contribution in [3.63, 3.8) is 0 Å². The molecule has 0 aliphatic heterocycles. The first-order valence-corrected chi connectivity index (χ1v) is 5.51. The first kappa shape index (κ1) is 13.4. The predicted octanol–water partition coefficient (Wildman–Crippen LogP) is 1.97. The van der Waals surface area contributed by atoms with Crippen LogP contribution in [-0.4, -0.2) is 25.7 Å². The third kappa shape index (κ3) is 9.52. The number of nitrogens with one attached hydrogen (secondary N) is 1. The van der Waals surface area contributed by atoms with E-state index in [1.165, 1.54) is 0 Å². The number of ether oxygens (including phenoxy) is 1. The molecule has 0 heterocycles. The van der Waals surface area contributed by atoms with Crippen molar-refractivity contribution in [2.24, 2.45) is 5.92 Å². The fourth-order valence-electron chi connectivity index (χ4n) is 1.04. The van der Waals surface area contributed by atoms with Crippen LogP contribution in [0.15, 0.2) is 0 Å². The second-order valence-electron chi connectivity index (χ2n) is 3.92. The smallest absolute Gasteiger partial charge is 0.219 e. The van der Waals surface area contributed by atoms with Gasteiger partial charge in [-0.3, -0.25) is 4.79 Å². The maximum absolute atomic E-state index is 11.0. The Morgan fingerprint density at radius 3 is 2.71 bits per heavy atom. The van der Waals surface area contributed by atoms with Crippen LogP contribution in [0.2, 0.25) is 0 Å². The number of hydrogen-bond donors (Lipinski definition) is 1. The fraction of sp³-hybridized carbons (Fsp3) is 0.909. The van der Waals surface area contributed by atoms with Crippen molar-refractivity contribution in [3.05, 3.63) is 0 Å². The van der Waals surface area contributed by atoms with Crippen molar-refractivity contribution < 1.29 is 9.53 Å². The number of hydrogen-bond acceptors (Lipinski definition) is 2. The van der Waals surface area contributed by atoms with Crippen LogP contribution >= 0.6 is 0 Å². The average Bonchev–Trinajstić information content (AvgIpc) is 2.11.